The van der Waals surface area contributed by atoms with Crippen molar-refractivity contribution in [1.29, 1.82) is 0 Å². The average molecular weight is 312 g/mol. The quantitative estimate of drug-likeness (QED) is 0.535. The molecule has 2 aromatic rings. The first-order chi connectivity index (χ1) is 11.0. The maximum Gasteiger partial charge on any atom is 0.269 e. The van der Waals surface area contributed by atoms with Gasteiger partial charge in [0.05, 0.1) is 17.9 Å². The predicted octanol–water partition coefficient (Wildman–Crippen LogP) is 2.44. The molecule has 2 aromatic carbocycles. The third-order valence-electron chi connectivity index (χ3n) is 2.96. The summed E-state index contributed by atoms with van der Waals surface area (Å²) in [6.45, 7) is 0.170. The molecule has 0 atom stereocenters. The monoisotopic (exact) mass is 312 g/mol. The molecular formula is C17H13FN2O3. The highest BCUT2D eigenvalue weighted by Crippen LogP contribution is 2.12. The van der Waals surface area contributed by atoms with Crippen molar-refractivity contribution in [1.82, 2.24) is 5.32 Å². The van der Waals surface area contributed by atoms with Gasteiger partial charge in [0.2, 0.25) is 5.91 Å². The van der Waals surface area contributed by atoms with Gasteiger partial charge in [0, 0.05) is 17.7 Å². The zero-order chi connectivity index (χ0) is 16.7. The fourth-order valence-electron chi connectivity index (χ4n) is 1.81. The smallest absolute Gasteiger partial charge is 0.269 e. The van der Waals surface area contributed by atoms with Gasteiger partial charge in [0.15, 0.2) is 0 Å². The molecule has 6 heteroatoms. The summed E-state index contributed by atoms with van der Waals surface area (Å²) in [6, 6.07) is 11.5. The molecule has 0 unspecified atom stereocenters. The molecule has 1 amide bonds. The Kier molecular flexibility index (Phi) is 5.42. The Labute approximate surface area is 132 Å². The van der Waals surface area contributed by atoms with Crippen LogP contribution in [0.5, 0.6) is 0 Å². The summed E-state index contributed by atoms with van der Waals surface area (Å²) in [5, 5.41) is 13.2. The number of benzene rings is 2. The van der Waals surface area contributed by atoms with Crippen molar-refractivity contribution in [3.05, 3.63) is 75.6 Å². The minimum Gasteiger partial charge on any atom is -0.345 e. The largest absolute Gasteiger partial charge is 0.345 e. The lowest BCUT2D eigenvalue weighted by Crippen LogP contribution is -2.25. The second-order valence-electron chi connectivity index (χ2n) is 4.69. The number of nitro groups is 1. The van der Waals surface area contributed by atoms with E-state index in [1.54, 1.807) is 24.3 Å². The summed E-state index contributed by atoms with van der Waals surface area (Å²) in [4.78, 5) is 21.8. The molecule has 0 aromatic heterocycles. The molecule has 0 saturated carbocycles. The number of halogens is 1. The fraction of sp³-hybridized carbons (Fsp3) is 0.118. The van der Waals surface area contributed by atoms with Gasteiger partial charge in [-0.1, -0.05) is 24.0 Å². The Morgan fingerprint density at radius 2 is 1.78 bits per heavy atom. The van der Waals surface area contributed by atoms with Crippen LogP contribution in [0.4, 0.5) is 10.1 Å². The number of rotatable bonds is 4. The van der Waals surface area contributed by atoms with Crippen LogP contribution in [0, 0.1) is 27.8 Å². The van der Waals surface area contributed by atoms with Crippen LogP contribution in [0.25, 0.3) is 0 Å². The molecule has 1 N–H and O–H groups in total. The highest BCUT2D eigenvalue weighted by atomic mass is 19.1. The number of nitrogens with zero attached hydrogens (tertiary/aromatic N) is 1. The van der Waals surface area contributed by atoms with E-state index in [1.165, 1.54) is 24.3 Å². The Balaban J connectivity index is 1.81. The van der Waals surface area contributed by atoms with Gasteiger partial charge >= 0.3 is 0 Å². The summed E-state index contributed by atoms with van der Waals surface area (Å²) >= 11 is 0. The van der Waals surface area contributed by atoms with Gasteiger partial charge in [-0.15, -0.1) is 0 Å². The molecule has 0 aliphatic rings. The normalized spacial score (nSPS) is 9.61. The molecule has 0 fully saturated rings. The van der Waals surface area contributed by atoms with Crippen LogP contribution in [-0.4, -0.2) is 17.4 Å². The van der Waals surface area contributed by atoms with Gasteiger partial charge in [-0.3, -0.25) is 14.9 Å². The third-order valence-corrected chi connectivity index (χ3v) is 2.96. The van der Waals surface area contributed by atoms with Gasteiger partial charge in [-0.05, 0) is 29.8 Å². The molecule has 116 valence electrons. The Bertz CT molecular complexity index is 759. The standard InChI is InChI=1S/C17H13FN2O3/c18-15-7-3-13(4-8-15)2-1-11-19-17(21)12-14-5-9-16(10-6-14)20(22)23/h3-10H,11-12H2,(H,19,21). The Hall–Kier alpha value is -3.20. The van der Waals surface area contributed by atoms with Crippen LogP contribution in [0.3, 0.4) is 0 Å². The van der Waals surface area contributed by atoms with E-state index in [4.69, 9.17) is 0 Å². The zero-order valence-electron chi connectivity index (χ0n) is 12.1. The van der Waals surface area contributed by atoms with Crippen LogP contribution in [0.15, 0.2) is 48.5 Å². The minimum atomic E-state index is -0.491. The van der Waals surface area contributed by atoms with Gasteiger partial charge < -0.3 is 5.32 Å². The van der Waals surface area contributed by atoms with E-state index in [-0.39, 0.29) is 30.4 Å². The molecule has 23 heavy (non-hydrogen) atoms. The fourth-order valence-corrected chi connectivity index (χ4v) is 1.81. The molecule has 0 radical (unpaired) electrons. The van der Waals surface area contributed by atoms with Crippen LogP contribution in [0.2, 0.25) is 0 Å². The minimum absolute atomic E-state index is 0.0145. The molecular weight excluding hydrogens is 299 g/mol. The van der Waals surface area contributed by atoms with E-state index in [2.05, 4.69) is 17.2 Å². The maximum absolute atomic E-state index is 12.7. The van der Waals surface area contributed by atoms with E-state index in [0.29, 0.717) is 11.1 Å². The number of nitrogens with one attached hydrogen (secondary N) is 1. The SMILES string of the molecule is O=C(Cc1ccc([N+](=O)[O-])cc1)NCC#Cc1ccc(F)cc1. The van der Waals surface area contributed by atoms with Gasteiger partial charge in [0.25, 0.3) is 5.69 Å². The van der Waals surface area contributed by atoms with Crippen LogP contribution in [-0.2, 0) is 11.2 Å². The van der Waals surface area contributed by atoms with Crippen molar-refractivity contribution in [2.24, 2.45) is 0 Å². The molecule has 0 aliphatic heterocycles. The lowest BCUT2D eigenvalue weighted by molar-refractivity contribution is -0.384. The first kappa shape index (κ1) is 16.2. The highest BCUT2D eigenvalue weighted by Gasteiger charge is 2.06. The van der Waals surface area contributed by atoms with Crippen molar-refractivity contribution in [2.75, 3.05) is 6.54 Å². The number of hydrogen-bond acceptors (Lipinski definition) is 3. The summed E-state index contributed by atoms with van der Waals surface area (Å²) in [7, 11) is 0. The summed E-state index contributed by atoms with van der Waals surface area (Å²) in [5.74, 6) is 5.02. The lowest BCUT2D eigenvalue weighted by Gasteiger charge is -2.01. The maximum atomic E-state index is 12.7. The summed E-state index contributed by atoms with van der Waals surface area (Å²) in [6.07, 6.45) is 0.121. The van der Waals surface area contributed by atoms with Crippen molar-refractivity contribution in [3.63, 3.8) is 0 Å². The van der Waals surface area contributed by atoms with Gasteiger partial charge in [-0.2, -0.15) is 0 Å². The molecule has 2 rings (SSSR count). The first-order valence-corrected chi connectivity index (χ1v) is 6.79. The summed E-state index contributed by atoms with van der Waals surface area (Å²) in [5.41, 5.74) is 1.33. The first-order valence-electron chi connectivity index (χ1n) is 6.79. The van der Waals surface area contributed by atoms with Crippen LogP contribution in [0.1, 0.15) is 11.1 Å². The number of carbonyl (C=O) groups is 1. The topological polar surface area (TPSA) is 72.2 Å². The Morgan fingerprint density at radius 1 is 1.13 bits per heavy atom. The molecule has 0 heterocycles. The van der Waals surface area contributed by atoms with Crippen molar-refractivity contribution < 1.29 is 14.1 Å². The molecule has 0 aliphatic carbocycles. The average Bonchev–Trinajstić information content (AvgIpc) is 2.54. The van der Waals surface area contributed by atoms with Gasteiger partial charge in [-0.25, -0.2) is 4.39 Å². The second-order valence-corrected chi connectivity index (χ2v) is 4.69. The van der Waals surface area contributed by atoms with Crippen molar-refractivity contribution >= 4 is 11.6 Å². The molecule has 5 nitrogen and oxygen atoms in total. The lowest BCUT2D eigenvalue weighted by atomic mass is 10.1. The van der Waals surface area contributed by atoms with E-state index in [1.807, 2.05) is 0 Å². The number of amides is 1. The van der Waals surface area contributed by atoms with Crippen molar-refractivity contribution in [2.45, 2.75) is 6.42 Å². The summed E-state index contributed by atoms with van der Waals surface area (Å²) < 4.78 is 12.7. The molecule has 0 spiro atoms. The highest BCUT2D eigenvalue weighted by molar-refractivity contribution is 5.78. The van der Waals surface area contributed by atoms with Crippen LogP contribution >= 0.6 is 0 Å². The Morgan fingerprint density at radius 3 is 2.39 bits per heavy atom. The molecule has 0 bridgehead atoms. The number of carbonyl (C=O) groups excluding carboxylic acids is 1. The number of nitro benzene ring substituents is 1. The van der Waals surface area contributed by atoms with Crippen LogP contribution < -0.4 is 5.32 Å². The molecule has 0 saturated heterocycles. The third kappa shape index (κ3) is 5.25. The number of hydrogen-bond donors (Lipinski definition) is 1. The van der Waals surface area contributed by atoms with E-state index >= 15 is 0 Å². The predicted molar refractivity (Wildman–Crippen MR) is 83.1 cm³/mol. The van der Waals surface area contributed by atoms with E-state index < -0.39 is 4.92 Å². The van der Waals surface area contributed by atoms with E-state index in [0.717, 1.165) is 0 Å². The second kappa shape index (κ2) is 7.71. The zero-order valence-corrected chi connectivity index (χ0v) is 12.1. The van der Waals surface area contributed by atoms with Gasteiger partial charge in [0.1, 0.15) is 5.82 Å². The number of non-ortho nitro benzene ring substituents is 1. The van der Waals surface area contributed by atoms with Crippen molar-refractivity contribution in [3.8, 4) is 11.8 Å². The van der Waals surface area contributed by atoms with E-state index in [9.17, 15) is 19.3 Å².